The third kappa shape index (κ3) is 4.98. The molecule has 1 aliphatic carbocycles. The minimum absolute atomic E-state index is 0.108. The number of benzene rings is 1. The van der Waals surface area contributed by atoms with Crippen LogP contribution < -0.4 is 10.6 Å². The van der Waals surface area contributed by atoms with Crippen molar-refractivity contribution in [3.8, 4) is 0 Å². The summed E-state index contributed by atoms with van der Waals surface area (Å²) in [6.45, 7) is 3.14. The summed E-state index contributed by atoms with van der Waals surface area (Å²) in [6, 6.07) is 4.19. The van der Waals surface area contributed by atoms with Crippen LogP contribution in [0.5, 0.6) is 0 Å². The molecule has 4 aliphatic heterocycles. The summed E-state index contributed by atoms with van der Waals surface area (Å²) in [5.74, 6) is -2.20. The molecular weight excluding hydrogens is 539 g/mol. The summed E-state index contributed by atoms with van der Waals surface area (Å²) in [5, 5.41) is 6.87. The molecule has 3 saturated heterocycles. The number of hydrogen-bond acceptors (Lipinski definition) is 5. The van der Waals surface area contributed by atoms with E-state index in [4.69, 9.17) is 27.9 Å². The van der Waals surface area contributed by atoms with Crippen molar-refractivity contribution < 1.29 is 19.1 Å². The molecule has 8 nitrogen and oxygen atoms in total. The van der Waals surface area contributed by atoms with Crippen molar-refractivity contribution in [2.75, 3.05) is 31.5 Å². The lowest BCUT2D eigenvalue weighted by Crippen LogP contribution is -2.57. The van der Waals surface area contributed by atoms with E-state index in [-0.39, 0.29) is 23.8 Å². The standard InChI is InChI=1S/C29H36Cl2N4O4/c30-20-10-9-19(17-21(20)31)33-26(36)23-22-11-12-29(39-22)24(23)28(38)35(16-15-34-13-5-2-6-14-34)25(29)27(37)32-18-7-3-1-4-8-18/h9-12,17-18,22-25H,1-8,13-16H2,(H,32,37)(H,33,36)/t22-,23?,24-,25?,29?/m0/s1. The number of carbonyl (C=O) groups excluding carboxylic acids is 3. The van der Waals surface area contributed by atoms with Gasteiger partial charge in [-0.25, -0.2) is 0 Å². The summed E-state index contributed by atoms with van der Waals surface area (Å²) >= 11 is 12.2. The van der Waals surface area contributed by atoms with Gasteiger partial charge in [0.25, 0.3) is 0 Å². The number of piperidine rings is 1. The highest BCUT2D eigenvalue weighted by molar-refractivity contribution is 6.42. The SMILES string of the molecule is O=C(Nc1ccc(Cl)c(Cl)c1)C1[C@@H]2C=CC3(O2)C(C(=O)NC2CCCCC2)N(CCN2CCCCC2)C(=O)[C@H]13. The van der Waals surface area contributed by atoms with Crippen LogP contribution in [0.2, 0.25) is 10.0 Å². The Morgan fingerprint density at radius 3 is 2.46 bits per heavy atom. The van der Waals surface area contributed by atoms with Crippen LogP contribution in [-0.4, -0.2) is 77.5 Å². The van der Waals surface area contributed by atoms with E-state index in [1.165, 1.54) is 12.8 Å². The Kier molecular flexibility index (Phi) is 7.66. The number of amides is 3. The van der Waals surface area contributed by atoms with Crippen molar-refractivity contribution >= 4 is 46.6 Å². The minimum Gasteiger partial charge on any atom is -0.359 e. The molecule has 3 amide bonds. The third-order valence-corrected chi connectivity index (χ3v) is 9.91. The number of ether oxygens (including phenoxy) is 1. The quantitative estimate of drug-likeness (QED) is 0.480. The lowest BCUT2D eigenvalue weighted by Gasteiger charge is -2.35. The van der Waals surface area contributed by atoms with Crippen LogP contribution in [0.4, 0.5) is 5.69 Å². The fourth-order valence-corrected chi connectivity index (χ4v) is 7.56. The van der Waals surface area contributed by atoms with E-state index in [1.807, 2.05) is 12.2 Å². The summed E-state index contributed by atoms with van der Waals surface area (Å²) in [6.07, 6.45) is 11.9. The Labute approximate surface area is 239 Å². The van der Waals surface area contributed by atoms with Gasteiger partial charge in [0.05, 0.1) is 28.0 Å². The van der Waals surface area contributed by atoms with Crippen LogP contribution in [-0.2, 0) is 19.1 Å². The molecule has 210 valence electrons. The van der Waals surface area contributed by atoms with Gasteiger partial charge in [-0.1, -0.05) is 61.0 Å². The highest BCUT2D eigenvalue weighted by Gasteiger charge is 2.72. The van der Waals surface area contributed by atoms with Gasteiger partial charge in [0.2, 0.25) is 17.7 Å². The number of anilines is 1. The normalized spacial score (nSPS) is 32.5. The molecule has 2 N–H and O–H groups in total. The molecular formula is C29H36Cl2N4O4. The van der Waals surface area contributed by atoms with E-state index in [1.54, 1.807) is 23.1 Å². The maximum atomic E-state index is 14.1. The highest BCUT2D eigenvalue weighted by Crippen LogP contribution is 2.55. The first kappa shape index (κ1) is 27.1. The zero-order valence-corrected chi connectivity index (χ0v) is 23.6. The molecule has 0 aromatic heterocycles. The van der Waals surface area contributed by atoms with Crippen LogP contribution in [0.1, 0.15) is 51.4 Å². The second-order valence-electron chi connectivity index (χ2n) is 11.6. The zero-order valence-electron chi connectivity index (χ0n) is 22.0. The Morgan fingerprint density at radius 2 is 1.72 bits per heavy atom. The number of halogens is 2. The van der Waals surface area contributed by atoms with Crippen LogP contribution in [0.15, 0.2) is 30.4 Å². The van der Waals surface area contributed by atoms with Crippen molar-refractivity contribution in [3.63, 3.8) is 0 Å². The third-order valence-electron chi connectivity index (χ3n) is 9.17. The first-order valence-corrected chi connectivity index (χ1v) is 15.1. The molecule has 3 unspecified atom stereocenters. The lowest BCUT2D eigenvalue weighted by atomic mass is 9.74. The molecule has 39 heavy (non-hydrogen) atoms. The van der Waals surface area contributed by atoms with Crippen LogP contribution in [0, 0.1) is 11.8 Å². The molecule has 2 bridgehead atoms. The number of hydrogen-bond donors (Lipinski definition) is 2. The van der Waals surface area contributed by atoms with Gasteiger partial charge in [-0.2, -0.15) is 0 Å². The van der Waals surface area contributed by atoms with Gasteiger partial charge in [0, 0.05) is 24.8 Å². The molecule has 5 atom stereocenters. The fraction of sp³-hybridized carbons (Fsp3) is 0.621. The number of carbonyl (C=O) groups is 3. The van der Waals surface area contributed by atoms with E-state index in [0.29, 0.717) is 28.8 Å². The second kappa shape index (κ2) is 11.0. The number of fused-ring (bicyclic) bond motifs is 1. The number of rotatable bonds is 7. The molecule has 5 aliphatic rings. The predicted octanol–water partition coefficient (Wildman–Crippen LogP) is 4.02. The first-order chi connectivity index (χ1) is 18.9. The summed E-state index contributed by atoms with van der Waals surface area (Å²) in [7, 11) is 0. The Morgan fingerprint density at radius 1 is 0.974 bits per heavy atom. The van der Waals surface area contributed by atoms with E-state index in [2.05, 4.69) is 15.5 Å². The number of likely N-dealkylation sites (tertiary alicyclic amines) is 2. The molecule has 0 radical (unpaired) electrons. The topological polar surface area (TPSA) is 91.0 Å². The van der Waals surface area contributed by atoms with Gasteiger partial charge in [-0.15, -0.1) is 0 Å². The van der Waals surface area contributed by atoms with Gasteiger partial charge in [-0.3, -0.25) is 14.4 Å². The van der Waals surface area contributed by atoms with E-state index in [9.17, 15) is 14.4 Å². The maximum absolute atomic E-state index is 14.1. The number of nitrogens with one attached hydrogen (secondary N) is 2. The molecule has 1 aromatic rings. The zero-order chi connectivity index (χ0) is 27.1. The van der Waals surface area contributed by atoms with E-state index in [0.717, 1.165) is 51.6 Å². The second-order valence-corrected chi connectivity index (χ2v) is 12.4. The average molecular weight is 576 g/mol. The van der Waals surface area contributed by atoms with Crippen LogP contribution in [0.25, 0.3) is 0 Å². The largest absolute Gasteiger partial charge is 0.359 e. The van der Waals surface area contributed by atoms with Crippen molar-refractivity contribution in [1.29, 1.82) is 0 Å². The Hall–Kier alpha value is -2.13. The average Bonchev–Trinajstić information content (AvgIpc) is 3.58. The van der Waals surface area contributed by atoms with Crippen molar-refractivity contribution in [2.45, 2.75) is 75.2 Å². The van der Waals surface area contributed by atoms with Crippen LogP contribution >= 0.6 is 23.2 Å². The molecule has 4 heterocycles. The van der Waals surface area contributed by atoms with Crippen molar-refractivity contribution in [3.05, 3.63) is 40.4 Å². The summed E-state index contributed by atoms with van der Waals surface area (Å²) < 4.78 is 6.46. The molecule has 1 spiro atoms. The lowest BCUT2D eigenvalue weighted by molar-refractivity contribution is -0.141. The summed E-state index contributed by atoms with van der Waals surface area (Å²) in [4.78, 5) is 45.7. The van der Waals surface area contributed by atoms with E-state index < -0.39 is 29.6 Å². The highest BCUT2D eigenvalue weighted by atomic mass is 35.5. The van der Waals surface area contributed by atoms with E-state index >= 15 is 0 Å². The summed E-state index contributed by atoms with van der Waals surface area (Å²) in [5.41, 5.74) is -0.656. The van der Waals surface area contributed by atoms with Gasteiger partial charge in [0.1, 0.15) is 11.6 Å². The smallest absolute Gasteiger partial charge is 0.246 e. The molecule has 4 fully saturated rings. The van der Waals surface area contributed by atoms with Crippen molar-refractivity contribution in [2.24, 2.45) is 11.8 Å². The molecule has 6 rings (SSSR count). The van der Waals surface area contributed by atoms with Crippen molar-refractivity contribution in [1.82, 2.24) is 15.1 Å². The number of nitrogens with zero attached hydrogens (tertiary/aromatic N) is 2. The monoisotopic (exact) mass is 574 g/mol. The Balaban J connectivity index is 1.26. The van der Waals surface area contributed by atoms with Gasteiger partial charge in [0.15, 0.2) is 0 Å². The first-order valence-electron chi connectivity index (χ1n) is 14.3. The molecule has 1 aromatic carbocycles. The van der Waals surface area contributed by atoms with Crippen LogP contribution in [0.3, 0.4) is 0 Å². The molecule has 10 heteroatoms. The van der Waals surface area contributed by atoms with Gasteiger partial charge >= 0.3 is 0 Å². The van der Waals surface area contributed by atoms with Gasteiger partial charge in [-0.05, 0) is 57.0 Å². The molecule has 1 saturated carbocycles. The fourth-order valence-electron chi connectivity index (χ4n) is 7.27. The maximum Gasteiger partial charge on any atom is 0.246 e. The van der Waals surface area contributed by atoms with Gasteiger partial charge < -0.3 is 25.2 Å². The predicted molar refractivity (Wildman–Crippen MR) is 150 cm³/mol. The Bertz CT molecular complexity index is 1170. The minimum atomic E-state index is -1.15.